The van der Waals surface area contributed by atoms with Crippen LogP contribution in [0.15, 0.2) is 18.2 Å². The predicted octanol–water partition coefficient (Wildman–Crippen LogP) is 0.519. The van der Waals surface area contributed by atoms with E-state index in [0.29, 0.717) is 24.3 Å². The van der Waals surface area contributed by atoms with Crippen molar-refractivity contribution >= 4 is 15.5 Å². The average Bonchev–Trinajstić information content (AvgIpc) is 2.28. The number of nitrogens with two attached hydrogens (primary N) is 1. The summed E-state index contributed by atoms with van der Waals surface area (Å²) in [7, 11) is -2.91. The molecular weight excluding hydrogens is 243 g/mol. The van der Waals surface area contributed by atoms with Gasteiger partial charge in [-0.05, 0) is 23.8 Å². The SMILES string of the molecule is NCc1cc(F)cc(N2CCS(=O)(=O)CC2)c1. The molecule has 1 aliphatic heterocycles. The van der Waals surface area contributed by atoms with Gasteiger partial charge in [0, 0.05) is 25.3 Å². The highest BCUT2D eigenvalue weighted by Crippen LogP contribution is 2.20. The summed E-state index contributed by atoms with van der Waals surface area (Å²) in [5.41, 5.74) is 6.90. The molecule has 1 aliphatic rings. The van der Waals surface area contributed by atoms with Gasteiger partial charge in [0.1, 0.15) is 5.82 Å². The molecule has 0 amide bonds. The van der Waals surface area contributed by atoms with E-state index in [1.807, 2.05) is 4.90 Å². The van der Waals surface area contributed by atoms with E-state index in [2.05, 4.69) is 0 Å². The van der Waals surface area contributed by atoms with Gasteiger partial charge in [0.2, 0.25) is 0 Å². The molecule has 0 bridgehead atoms. The number of hydrogen-bond donors (Lipinski definition) is 1. The lowest BCUT2D eigenvalue weighted by molar-refractivity contribution is 0.586. The molecule has 17 heavy (non-hydrogen) atoms. The van der Waals surface area contributed by atoms with Gasteiger partial charge in [0.15, 0.2) is 9.84 Å². The molecule has 6 heteroatoms. The van der Waals surface area contributed by atoms with Crippen molar-refractivity contribution in [2.24, 2.45) is 5.73 Å². The molecule has 0 saturated carbocycles. The van der Waals surface area contributed by atoms with Crippen LogP contribution in [0.5, 0.6) is 0 Å². The summed E-state index contributed by atoms with van der Waals surface area (Å²) in [4.78, 5) is 1.88. The maximum atomic E-state index is 13.3. The third kappa shape index (κ3) is 2.95. The quantitative estimate of drug-likeness (QED) is 0.840. The van der Waals surface area contributed by atoms with Crippen LogP contribution in [-0.4, -0.2) is 33.0 Å². The Morgan fingerprint density at radius 1 is 1.24 bits per heavy atom. The van der Waals surface area contributed by atoms with Gasteiger partial charge in [-0.3, -0.25) is 0 Å². The molecule has 0 radical (unpaired) electrons. The van der Waals surface area contributed by atoms with E-state index >= 15 is 0 Å². The van der Waals surface area contributed by atoms with Crippen molar-refractivity contribution in [3.63, 3.8) is 0 Å². The van der Waals surface area contributed by atoms with E-state index in [0.717, 1.165) is 0 Å². The lowest BCUT2D eigenvalue weighted by atomic mass is 10.2. The van der Waals surface area contributed by atoms with Crippen LogP contribution in [0.3, 0.4) is 0 Å². The first-order valence-corrected chi connectivity index (χ1v) is 7.27. The smallest absolute Gasteiger partial charge is 0.153 e. The highest BCUT2D eigenvalue weighted by Gasteiger charge is 2.22. The second-order valence-electron chi connectivity index (χ2n) is 4.16. The minimum atomic E-state index is -2.91. The van der Waals surface area contributed by atoms with E-state index in [-0.39, 0.29) is 23.9 Å². The molecule has 94 valence electrons. The van der Waals surface area contributed by atoms with Gasteiger partial charge >= 0.3 is 0 Å². The Balaban J connectivity index is 2.21. The van der Waals surface area contributed by atoms with Crippen molar-refractivity contribution in [2.45, 2.75) is 6.54 Å². The Labute approximate surface area is 100 Å². The number of rotatable bonds is 2. The minimum absolute atomic E-state index is 0.126. The number of hydrogen-bond acceptors (Lipinski definition) is 4. The summed E-state index contributed by atoms with van der Waals surface area (Å²) in [6, 6.07) is 4.61. The van der Waals surface area contributed by atoms with Crippen LogP contribution >= 0.6 is 0 Å². The third-order valence-corrected chi connectivity index (χ3v) is 4.50. The average molecular weight is 258 g/mol. The number of sulfone groups is 1. The maximum absolute atomic E-state index is 13.3. The molecule has 0 aromatic heterocycles. The van der Waals surface area contributed by atoms with Crippen molar-refractivity contribution < 1.29 is 12.8 Å². The first-order valence-electron chi connectivity index (χ1n) is 5.45. The molecule has 0 aliphatic carbocycles. The fourth-order valence-corrected chi connectivity index (χ4v) is 3.11. The number of halogens is 1. The largest absolute Gasteiger partial charge is 0.369 e. The monoisotopic (exact) mass is 258 g/mol. The van der Waals surface area contributed by atoms with Gasteiger partial charge in [0.25, 0.3) is 0 Å². The van der Waals surface area contributed by atoms with Crippen molar-refractivity contribution in [2.75, 3.05) is 29.5 Å². The summed E-state index contributed by atoms with van der Waals surface area (Å²) >= 11 is 0. The first-order chi connectivity index (χ1) is 8.00. The van der Waals surface area contributed by atoms with Crippen LogP contribution in [0.2, 0.25) is 0 Å². The summed E-state index contributed by atoms with van der Waals surface area (Å²) in [6.45, 7) is 1.10. The molecule has 1 heterocycles. The van der Waals surface area contributed by atoms with E-state index < -0.39 is 9.84 Å². The Kier molecular flexibility index (Phi) is 3.35. The van der Waals surface area contributed by atoms with Crippen molar-refractivity contribution in [1.82, 2.24) is 0 Å². The van der Waals surface area contributed by atoms with Crippen LogP contribution in [0, 0.1) is 5.82 Å². The van der Waals surface area contributed by atoms with E-state index in [4.69, 9.17) is 5.73 Å². The van der Waals surface area contributed by atoms with Crippen molar-refractivity contribution in [3.05, 3.63) is 29.6 Å². The van der Waals surface area contributed by atoms with Gasteiger partial charge in [-0.1, -0.05) is 0 Å². The highest BCUT2D eigenvalue weighted by molar-refractivity contribution is 7.91. The predicted molar refractivity (Wildman–Crippen MR) is 65.2 cm³/mol. The van der Waals surface area contributed by atoms with Gasteiger partial charge in [0.05, 0.1) is 11.5 Å². The summed E-state index contributed by atoms with van der Waals surface area (Å²) < 4.78 is 35.9. The lowest BCUT2D eigenvalue weighted by Gasteiger charge is -2.29. The molecule has 0 spiro atoms. The lowest BCUT2D eigenvalue weighted by Crippen LogP contribution is -2.40. The molecule has 1 aromatic carbocycles. The van der Waals surface area contributed by atoms with Gasteiger partial charge < -0.3 is 10.6 Å². The fourth-order valence-electron chi connectivity index (χ4n) is 1.90. The highest BCUT2D eigenvalue weighted by atomic mass is 32.2. The normalized spacial score (nSPS) is 19.3. The Morgan fingerprint density at radius 3 is 2.47 bits per heavy atom. The number of nitrogens with zero attached hydrogens (tertiary/aromatic N) is 1. The third-order valence-electron chi connectivity index (χ3n) is 2.89. The second-order valence-corrected chi connectivity index (χ2v) is 6.46. The van der Waals surface area contributed by atoms with Crippen LogP contribution in [0.1, 0.15) is 5.56 Å². The summed E-state index contributed by atoms with van der Waals surface area (Å²) in [6.07, 6.45) is 0. The molecule has 2 N–H and O–H groups in total. The minimum Gasteiger partial charge on any atom is -0.369 e. The first kappa shape index (κ1) is 12.3. The summed E-state index contributed by atoms with van der Waals surface area (Å²) in [5, 5.41) is 0. The van der Waals surface area contributed by atoms with Gasteiger partial charge in [-0.15, -0.1) is 0 Å². The molecule has 4 nitrogen and oxygen atoms in total. The van der Waals surface area contributed by atoms with Crippen LogP contribution in [0.25, 0.3) is 0 Å². The molecule has 1 fully saturated rings. The van der Waals surface area contributed by atoms with Crippen molar-refractivity contribution in [1.29, 1.82) is 0 Å². The zero-order valence-electron chi connectivity index (χ0n) is 9.39. The van der Waals surface area contributed by atoms with E-state index in [1.165, 1.54) is 12.1 Å². The number of benzene rings is 1. The zero-order valence-corrected chi connectivity index (χ0v) is 10.2. The fraction of sp³-hybridized carbons (Fsp3) is 0.455. The van der Waals surface area contributed by atoms with Gasteiger partial charge in [-0.25, -0.2) is 12.8 Å². The molecular formula is C11H15FN2O2S. The second kappa shape index (κ2) is 4.62. The van der Waals surface area contributed by atoms with Crippen LogP contribution < -0.4 is 10.6 Å². The molecule has 2 rings (SSSR count). The van der Waals surface area contributed by atoms with Crippen molar-refractivity contribution in [3.8, 4) is 0 Å². The Morgan fingerprint density at radius 2 is 1.88 bits per heavy atom. The topological polar surface area (TPSA) is 63.4 Å². The van der Waals surface area contributed by atoms with Crippen LogP contribution in [-0.2, 0) is 16.4 Å². The standard InChI is InChI=1S/C11H15FN2O2S/c12-10-5-9(8-13)6-11(7-10)14-1-3-17(15,16)4-2-14/h5-7H,1-4,8,13H2. The molecule has 0 atom stereocenters. The number of anilines is 1. The van der Waals surface area contributed by atoms with Gasteiger partial charge in [-0.2, -0.15) is 0 Å². The molecule has 1 saturated heterocycles. The maximum Gasteiger partial charge on any atom is 0.153 e. The molecule has 1 aromatic rings. The van der Waals surface area contributed by atoms with E-state index in [1.54, 1.807) is 6.07 Å². The zero-order chi connectivity index (χ0) is 12.5. The Bertz CT molecular complexity index is 502. The van der Waals surface area contributed by atoms with E-state index in [9.17, 15) is 12.8 Å². The summed E-state index contributed by atoms with van der Waals surface area (Å²) in [5.74, 6) is -0.0838. The molecule has 0 unspecified atom stereocenters. The Hall–Kier alpha value is -1.14. The van der Waals surface area contributed by atoms with Crippen LogP contribution in [0.4, 0.5) is 10.1 Å².